The highest BCUT2D eigenvalue weighted by atomic mass is 35.5. The van der Waals surface area contributed by atoms with E-state index in [9.17, 15) is 0 Å². The summed E-state index contributed by atoms with van der Waals surface area (Å²) in [5.74, 6) is 0. The van der Waals surface area contributed by atoms with Gasteiger partial charge in [0, 0.05) is 18.3 Å². The van der Waals surface area contributed by atoms with Crippen LogP contribution in [-0.4, -0.2) is 24.7 Å². The van der Waals surface area contributed by atoms with Crippen LogP contribution in [0.25, 0.3) is 10.9 Å². The highest BCUT2D eigenvalue weighted by Crippen LogP contribution is 2.20. The number of morpholine rings is 1. The predicted octanol–water partition coefficient (Wildman–Crippen LogP) is 2.25. The van der Waals surface area contributed by atoms with Crippen LogP contribution in [0.1, 0.15) is 11.6 Å². The second-order valence-electron chi connectivity index (χ2n) is 3.91. The minimum absolute atomic E-state index is 0. The summed E-state index contributed by atoms with van der Waals surface area (Å²) >= 11 is 0. The van der Waals surface area contributed by atoms with Crippen LogP contribution in [0.5, 0.6) is 0 Å². The number of H-pyrrole nitrogens is 1. The summed E-state index contributed by atoms with van der Waals surface area (Å²) in [6.07, 6.45) is 1.97. The number of ether oxygens (including phenoxy) is 1. The molecule has 0 unspecified atom stereocenters. The Morgan fingerprint density at radius 3 is 3.00 bits per heavy atom. The third kappa shape index (κ3) is 2.07. The zero-order valence-electron chi connectivity index (χ0n) is 8.90. The summed E-state index contributed by atoms with van der Waals surface area (Å²) in [7, 11) is 0. The van der Waals surface area contributed by atoms with Gasteiger partial charge in [0.15, 0.2) is 0 Å². The minimum atomic E-state index is 0. The second kappa shape index (κ2) is 4.87. The lowest BCUT2D eigenvalue weighted by Gasteiger charge is -2.24. The Bertz CT molecular complexity index is 463. The molecule has 3 nitrogen and oxygen atoms in total. The molecule has 1 saturated heterocycles. The lowest BCUT2D eigenvalue weighted by atomic mass is 10.1. The zero-order chi connectivity index (χ0) is 10.1. The molecule has 0 aliphatic carbocycles. The number of benzene rings is 1. The van der Waals surface area contributed by atoms with E-state index in [1.54, 1.807) is 0 Å². The molecule has 2 heterocycles. The van der Waals surface area contributed by atoms with E-state index in [2.05, 4.69) is 34.6 Å². The van der Waals surface area contributed by atoms with Crippen molar-refractivity contribution in [1.29, 1.82) is 0 Å². The van der Waals surface area contributed by atoms with Gasteiger partial charge in [-0.05, 0) is 23.1 Å². The number of aromatic nitrogens is 1. The molecule has 1 fully saturated rings. The Balaban J connectivity index is 0.000000963. The molecule has 1 atom stereocenters. The first-order valence-electron chi connectivity index (χ1n) is 5.32. The van der Waals surface area contributed by atoms with E-state index in [-0.39, 0.29) is 12.4 Å². The third-order valence-corrected chi connectivity index (χ3v) is 2.90. The van der Waals surface area contributed by atoms with E-state index in [0.29, 0.717) is 6.04 Å². The summed E-state index contributed by atoms with van der Waals surface area (Å²) in [6.45, 7) is 2.53. The molecule has 1 aromatic heterocycles. The Morgan fingerprint density at radius 2 is 2.19 bits per heavy atom. The van der Waals surface area contributed by atoms with Gasteiger partial charge in [0.2, 0.25) is 0 Å². The van der Waals surface area contributed by atoms with E-state index in [4.69, 9.17) is 4.74 Å². The maximum atomic E-state index is 5.46. The number of aromatic amines is 1. The molecule has 1 aliphatic rings. The molecule has 86 valence electrons. The Kier molecular flexibility index (Phi) is 3.49. The summed E-state index contributed by atoms with van der Waals surface area (Å²) in [5.41, 5.74) is 2.49. The molecule has 0 radical (unpaired) electrons. The van der Waals surface area contributed by atoms with Gasteiger partial charge in [-0.2, -0.15) is 0 Å². The fourth-order valence-corrected chi connectivity index (χ4v) is 2.06. The van der Waals surface area contributed by atoms with Crippen LogP contribution in [0.2, 0.25) is 0 Å². The first kappa shape index (κ1) is 11.5. The summed E-state index contributed by atoms with van der Waals surface area (Å²) in [4.78, 5) is 3.23. The first-order valence-corrected chi connectivity index (χ1v) is 5.32. The number of hydrogen-bond acceptors (Lipinski definition) is 2. The topological polar surface area (TPSA) is 37.0 Å². The van der Waals surface area contributed by atoms with Crippen LogP contribution >= 0.6 is 12.4 Å². The van der Waals surface area contributed by atoms with E-state index >= 15 is 0 Å². The Labute approximate surface area is 101 Å². The highest BCUT2D eigenvalue weighted by molar-refractivity contribution is 5.85. The quantitative estimate of drug-likeness (QED) is 0.800. The van der Waals surface area contributed by atoms with Gasteiger partial charge in [-0.1, -0.05) is 12.1 Å². The van der Waals surface area contributed by atoms with Crippen LogP contribution in [-0.2, 0) is 4.74 Å². The number of halogens is 1. The summed E-state index contributed by atoms with van der Waals surface area (Å²) in [6, 6.07) is 8.94. The summed E-state index contributed by atoms with van der Waals surface area (Å²) in [5, 5.41) is 4.71. The van der Waals surface area contributed by atoms with Crippen molar-refractivity contribution in [3.8, 4) is 0 Å². The van der Waals surface area contributed by atoms with Gasteiger partial charge in [-0.3, -0.25) is 0 Å². The number of hydrogen-bond donors (Lipinski definition) is 2. The van der Waals surface area contributed by atoms with Crippen molar-refractivity contribution in [1.82, 2.24) is 10.3 Å². The lowest BCUT2D eigenvalue weighted by molar-refractivity contribution is 0.0769. The van der Waals surface area contributed by atoms with Crippen LogP contribution in [0.3, 0.4) is 0 Å². The number of nitrogens with one attached hydrogen (secondary N) is 2. The molecule has 0 bridgehead atoms. The minimum Gasteiger partial charge on any atom is -0.378 e. The second-order valence-corrected chi connectivity index (χ2v) is 3.91. The van der Waals surface area contributed by atoms with E-state index in [1.807, 2.05) is 6.20 Å². The zero-order valence-corrected chi connectivity index (χ0v) is 9.72. The standard InChI is InChI=1S/C12H14N2O.ClH/c1-2-10(12-8-15-6-5-14-12)7-11-9(1)3-4-13-11;/h1-4,7,12-14H,5-6,8H2;1H/t12-;/m1./s1. The molecule has 0 amide bonds. The smallest absolute Gasteiger partial charge is 0.0662 e. The molecule has 3 rings (SSSR count). The largest absolute Gasteiger partial charge is 0.378 e. The van der Waals surface area contributed by atoms with Crippen LogP contribution in [0, 0.1) is 0 Å². The third-order valence-electron chi connectivity index (χ3n) is 2.90. The van der Waals surface area contributed by atoms with Gasteiger partial charge >= 0.3 is 0 Å². The van der Waals surface area contributed by atoms with Crippen molar-refractivity contribution >= 4 is 23.3 Å². The molecule has 1 aliphatic heterocycles. The lowest BCUT2D eigenvalue weighted by Crippen LogP contribution is -2.34. The van der Waals surface area contributed by atoms with E-state index in [0.717, 1.165) is 19.8 Å². The number of rotatable bonds is 1. The van der Waals surface area contributed by atoms with Gasteiger partial charge < -0.3 is 15.0 Å². The number of fused-ring (bicyclic) bond motifs is 1. The van der Waals surface area contributed by atoms with Crippen LogP contribution in [0.15, 0.2) is 30.5 Å². The average Bonchev–Trinajstić information content (AvgIpc) is 2.77. The highest BCUT2D eigenvalue weighted by Gasteiger charge is 2.15. The van der Waals surface area contributed by atoms with Gasteiger partial charge in [-0.15, -0.1) is 12.4 Å². The van der Waals surface area contributed by atoms with Gasteiger partial charge in [0.25, 0.3) is 0 Å². The molecular weight excluding hydrogens is 224 g/mol. The fourth-order valence-electron chi connectivity index (χ4n) is 2.06. The van der Waals surface area contributed by atoms with Crippen LogP contribution in [0.4, 0.5) is 0 Å². The van der Waals surface area contributed by atoms with Crippen molar-refractivity contribution in [2.45, 2.75) is 6.04 Å². The monoisotopic (exact) mass is 238 g/mol. The molecular formula is C12H15ClN2O. The normalized spacial score (nSPS) is 20.6. The van der Waals surface area contributed by atoms with Gasteiger partial charge in [0.05, 0.1) is 19.3 Å². The molecule has 1 aromatic carbocycles. The molecule has 0 saturated carbocycles. The Morgan fingerprint density at radius 1 is 1.25 bits per heavy atom. The maximum Gasteiger partial charge on any atom is 0.0662 e. The molecule has 16 heavy (non-hydrogen) atoms. The van der Waals surface area contributed by atoms with E-state index in [1.165, 1.54) is 16.5 Å². The predicted molar refractivity (Wildman–Crippen MR) is 67.1 cm³/mol. The van der Waals surface area contributed by atoms with E-state index < -0.39 is 0 Å². The molecule has 2 aromatic rings. The molecule has 2 N–H and O–H groups in total. The summed E-state index contributed by atoms with van der Waals surface area (Å²) < 4.78 is 5.46. The van der Waals surface area contributed by atoms with Crippen molar-refractivity contribution in [3.63, 3.8) is 0 Å². The first-order chi connectivity index (χ1) is 7.43. The van der Waals surface area contributed by atoms with Crippen molar-refractivity contribution in [2.75, 3.05) is 19.8 Å². The van der Waals surface area contributed by atoms with Crippen LogP contribution < -0.4 is 5.32 Å². The maximum absolute atomic E-state index is 5.46. The van der Waals surface area contributed by atoms with Gasteiger partial charge in [0.1, 0.15) is 0 Å². The fraction of sp³-hybridized carbons (Fsp3) is 0.333. The van der Waals surface area contributed by atoms with Gasteiger partial charge in [-0.25, -0.2) is 0 Å². The van der Waals surface area contributed by atoms with Crippen molar-refractivity contribution in [3.05, 3.63) is 36.0 Å². The Hall–Kier alpha value is -1.03. The molecule has 0 spiro atoms. The average molecular weight is 239 g/mol. The van der Waals surface area contributed by atoms with Crippen molar-refractivity contribution in [2.24, 2.45) is 0 Å². The SMILES string of the molecule is Cl.c1cc2ccc([C@H]3COCCN3)cc2[nH]1. The molecule has 4 heteroatoms. The van der Waals surface area contributed by atoms with Crippen molar-refractivity contribution < 1.29 is 4.74 Å².